The Morgan fingerprint density at radius 1 is 0.970 bits per heavy atom. The second-order valence-electron chi connectivity index (χ2n) is 8.50. The summed E-state index contributed by atoms with van der Waals surface area (Å²) in [4.78, 5) is 27.9. The molecule has 2 amide bonds. The number of rotatable bonds is 10. The van der Waals surface area contributed by atoms with E-state index in [-0.39, 0.29) is 18.5 Å². The van der Waals surface area contributed by atoms with E-state index in [2.05, 4.69) is 5.32 Å². The lowest BCUT2D eigenvalue weighted by molar-refractivity contribution is -0.139. The van der Waals surface area contributed by atoms with Crippen LogP contribution in [0.3, 0.4) is 0 Å². The van der Waals surface area contributed by atoms with Crippen LogP contribution in [0.2, 0.25) is 0 Å². The molecule has 0 aliphatic heterocycles. The van der Waals surface area contributed by atoms with E-state index in [1.807, 2.05) is 51.1 Å². The van der Waals surface area contributed by atoms with Crippen molar-refractivity contribution >= 4 is 27.5 Å². The van der Waals surface area contributed by atoms with Crippen molar-refractivity contribution in [3.05, 3.63) is 65.2 Å². The lowest BCUT2D eigenvalue weighted by atomic mass is 10.1. The van der Waals surface area contributed by atoms with Crippen LogP contribution in [0.15, 0.2) is 48.5 Å². The summed E-state index contributed by atoms with van der Waals surface area (Å²) in [5.74, 6) is -0.716. The molecule has 2 aromatic rings. The van der Waals surface area contributed by atoms with Crippen molar-refractivity contribution in [2.24, 2.45) is 0 Å². The SMILES string of the molecule is CC[C@@H](C)NC(=O)[C@@H](C)N(Cc1ccccc1C)C(=O)CN(c1ccccc1C)S(C)(=O)=O. The quantitative estimate of drug-likeness (QED) is 0.573. The highest BCUT2D eigenvalue weighted by molar-refractivity contribution is 7.92. The molecule has 0 aromatic heterocycles. The number of para-hydroxylation sites is 1. The van der Waals surface area contributed by atoms with Crippen LogP contribution >= 0.6 is 0 Å². The van der Waals surface area contributed by atoms with Gasteiger partial charge in [0.25, 0.3) is 0 Å². The van der Waals surface area contributed by atoms with Gasteiger partial charge in [-0.3, -0.25) is 13.9 Å². The summed E-state index contributed by atoms with van der Waals surface area (Å²) in [6.45, 7) is 9.10. The Morgan fingerprint density at radius 3 is 2.09 bits per heavy atom. The van der Waals surface area contributed by atoms with Crippen molar-refractivity contribution in [2.45, 2.75) is 59.7 Å². The third kappa shape index (κ3) is 7.05. The number of carbonyl (C=O) groups is 2. The van der Waals surface area contributed by atoms with E-state index in [4.69, 9.17) is 0 Å². The van der Waals surface area contributed by atoms with Crippen molar-refractivity contribution in [3.8, 4) is 0 Å². The number of hydrogen-bond acceptors (Lipinski definition) is 4. The Bertz CT molecular complexity index is 1080. The minimum Gasteiger partial charge on any atom is -0.352 e. The van der Waals surface area contributed by atoms with Gasteiger partial charge in [0.15, 0.2) is 0 Å². The number of amides is 2. The molecule has 180 valence electrons. The zero-order valence-corrected chi connectivity index (χ0v) is 21.1. The van der Waals surface area contributed by atoms with Gasteiger partial charge in [-0.1, -0.05) is 49.4 Å². The first-order valence-electron chi connectivity index (χ1n) is 11.1. The minimum absolute atomic E-state index is 0.0325. The maximum absolute atomic E-state index is 13.5. The average Bonchev–Trinajstić information content (AvgIpc) is 2.76. The van der Waals surface area contributed by atoms with Crippen molar-refractivity contribution in [1.82, 2.24) is 10.2 Å². The number of carbonyl (C=O) groups excluding carboxylic acids is 2. The Hall–Kier alpha value is -2.87. The molecular formula is C25H35N3O4S. The largest absolute Gasteiger partial charge is 0.352 e. The van der Waals surface area contributed by atoms with E-state index >= 15 is 0 Å². The van der Waals surface area contributed by atoms with Gasteiger partial charge in [-0.15, -0.1) is 0 Å². The number of hydrogen-bond donors (Lipinski definition) is 1. The van der Waals surface area contributed by atoms with Gasteiger partial charge in [-0.05, 0) is 56.9 Å². The van der Waals surface area contributed by atoms with Gasteiger partial charge >= 0.3 is 0 Å². The van der Waals surface area contributed by atoms with Gasteiger partial charge < -0.3 is 10.2 Å². The molecule has 8 heteroatoms. The van der Waals surface area contributed by atoms with Crippen molar-refractivity contribution < 1.29 is 18.0 Å². The van der Waals surface area contributed by atoms with Gasteiger partial charge in [-0.25, -0.2) is 8.42 Å². The highest BCUT2D eigenvalue weighted by atomic mass is 32.2. The van der Waals surface area contributed by atoms with Crippen LogP contribution in [-0.4, -0.2) is 50.0 Å². The molecule has 2 atom stereocenters. The molecule has 2 aromatic carbocycles. The fourth-order valence-electron chi connectivity index (χ4n) is 3.46. The van der Waals surface area contributed by atoms with Crippen LogP contribution in [0.1, 0.15) is 43.9 Å². The van der Waals surface area contributed by atoms with Gasteiger partial charge in [0.2, 0.25) is 21.8 Å². The molecule has 0 aliphatic rings. The summed E-state index contributed by atoms with van der Waals surface area (Å²) in [5.41, 5.74) is 3.07. The van der Waals surface area contributed by atoms with Crippen molar-refractivity contribution in [3.63, 3.8) is 0 Å². The molecule has 0 unspecified atom stereocenters. The summed E-state index contributed by atoms with van der Waals surface area (Å²) in [7, 11) is -3.73. The summed E-state index contributed by atoms with van der Waals surface area (Å²) < 4.78 is 26.3. The molecule has 33 heavy (non-hydrogen) atoms. The molecule has 0 heterocycles. The standard InChI is InChI=1S/C25H35N3O4S/c1-7-20(4)26-25(30)21(5)27(16-22-14-10-8-12-18(22)2)24(29)17-28(33(6,31)32)23-15-11-9-13-19(23)3/h8-15,20-21H,7,16-17H2,1-6H3,(H,26,30)/t20-,21-/m1/s1. The Labute approximate surface area is 197 Å². The molecule has 0 saturated carbocycles. The highest BCUT2D eigenvalue weighted by Gasteiger charge is 2.31. The molecule has 0 spiro atoms. The first kappa shape index (κ1) is 26.4. The van der Waals surface area contributed by atoms with E-state index in [1.165, 1.54) is 4.90 Å². The van der Waals surface area contributed by atoms with Crippen molar-refractivity contribution in [1.29, 1.82) is 0 Å². The molecule has 0 bridgehead atoms. The maximum atomic E-state index is 13.5. The minimum atomic E-state index is -3.73. The predicted molar refractivity (Wildman–Crippen MR) is 132 cm³/mol. The van der Waals surface area contributed by atoms with Crippen LogP contribution in [0.4, 0.5) is 5.69 Å². The molecule has 0 radical (unpaired) electrons. The van der Waals surface area contributed by atoms with Crippen LogP contribution in [-0.2, 0) is 26.2 Å². The smallest absolute Gasteiger partial charge is 0.244 e. The summed E-state index contributed by atoms with van der Waals surface area (Å²) in [5, 5.41) is 2.92. The first-order chi connectivity index (χ1) is 15.5. The van der Waals surface area contributed by atoms with E-state index in [9.17, 15) is 18.0 Å². The van der Waals surface area contributed by atoms with Gasteiger partial charge in [0.05, 0.1) is 11.9 Å². The lowest BCUT2D eigenvalue weighted by Gasteiger charge is -2.32. The Morgan fingerprint density at radius 2 is 1.55 bits per heavy atom. The third-order valence-electron chi connectivity index (χ3n) is 5.83. The average molecular weight is 474 g/mol. The van der Waals surface area contributed by atoms with E-state index in [1.54, 1.807) is 32.0 Å². The normalized spacial score (nSPS) is 13.2. The number of benzene rings is 2. The molecular weight excluding hydrogens is 438 g/mol. The zero-order valence-electron chi connectivity index (χ0n) is 20.3. The van der Waals surface area contributed by atoms with Crippen LogP contribution < -0.4 is 9.62 Å². The Kier molecular flexibility index (Phi) is 9.05. The number of aryl methyl sites for hydroxylation is 2. The molecule has 7 nitrogen and oxygen atoms in total. The monoisotopic (exact) mass is 473 g/mol. The third-order valence-corrected chi connectivity index (χ3v) is 6.96. The van der Waals surface area contributed by atoms with Crippen LogP contribution in [0, 0.1) is 13.8 Å². The van der Waals surface area contributed by atoms with E-state index < -0.39 is 28.5 Å². The van der Waals surface area contributed by atoms with Crippen LogP contribution in [0.25, 0.3) is 0 Å². The van der Waals surface area contributed by atoms with Crippen LogP contribution in [0.5, 0.6) is 0 Å². The van der Waals surface area contributed by atoms with Crippen molar-refractivity contribution in [2.75, 3.05) is 17.1 Å². The lowest BCUT2D eigenvalue weighted by Crippen LogP contribution is -2.52. The number of nitrogens with zero attached hydrogens (tertiary/aromatic N) is 2. The molecule has 0 aliphatic carbocycles. The molecule has 2 rings (SSSR count). The second-order valence-corrected chi connectivity index (χ2v) is 10.4. The summed E-state index contributed by atoms with van der Waals surface area (Å²) in [6, 6.07) is 13.9. The number of sulfonamides is 1. The van der Waals surface area contributed by atoms with Gasteiger partial charge in [0.1, 0.15) is 12.6 Å². The first-order valence-corrected chi connectivity index (χ1v) is 13.0. The van der Waals surface area contributed by atoms with E-state index in [0.29, 0.717) is 5.69 Å². The fourth-order valence-corrected chi connectivity index (χ4v) is 4.36. The highest BCUT2D eigenvalue weighted by Crippen LogP contribution is 2.23. The molecule has 1 N–H and O–H groups in total. The number of nitrogens with one attached hydrogen (secondary N) is 1. The maximum Gasteiger partial charge on any atom is 0.244 e. The van der Waals surface area contributed by atoms with Gasteiger partial charge in [0, 0.05) is 12.6 Å². The second kappa shape index (κ2) is 11.3. The van der Waals surface area contributed by atoms with Gasteiger partial charge in [-0.2, -0.15) is 0 Å². The zero-order chi connectivity index (χ0) is 24.8. The molecule has 0 fully saturated rings. The Balaban J connectivity index is 2.41. The molecule has 0 saturated heterocycles. The topological polar surface area (TPSA) is 86.8 Å². The summed E-state index contributed by atoms with van der Waals surface area (Å²) in [6.07, 6.45) is 1.84. The predicted octanol–water partition coefficient (Wildman–Crippen LogP) is 3.40. The fraction of sp³-hybridized carbons (Fsp3) is 0.440. The van der Waals surface area contributed by atoms with E-state index in [0.717, 1.165) is 33.7 Å². The number of anilines is 1. The summed E-state index contributed by atoms with van der Waals surface area (Å²) >= 11 is 0.